The molecule has 124 valence electrons. The number of hydrogen-bond acceptors (Lipinski definition) is 4. The zero-order chi connectivity index (χ0) is 17.7. The predicted molar refractivity (Wildman–Crippen MR) is 92.1 cm³/mol. The zero-order valence-corrected chi connectivity index (χ0v) is 14.5. The fourth-order valence-corrected chi connectivity index (χ4v) is 1.99. The van der Waals surface area contributed by atoms with Crippen molar-refractivity contribution < 1.29 is 9.53 Å². The van der Waals surface area contributed by atoms with E-state index in [1.807, 2.05) is 13.8 Å². The number of pyridine rings is 1. The lowest BCUT2D eigenvalue weighted by Crippen LogP contribution is -2.48. The Morgan fingerprint density at radius 3 is 2.58 bits per heavy atom. The van der Waals surface area contributed by atoms with Crippen LogP contribution in [-0.4, -0.2) is 16.4 Å². The first-order chi connectivity index (χ1) is 11.4. The molecule has 0 bridgehead atoms. The van der Waals surface area contributed by atoms with Crippen molar-refractivity contribution in [3.63, 3.8) is 0 Å². The lowest BCUT2D eigenvalue weighted by atomic mass is 9.90. The Kier molecular flexibility index (Phi) is 5.42. The maximum Gasteiger partial charge on any atom is 0.258 e. The molecule has 6 heteroatoms. The van der Waals surface area contributed by atoms with Crippen LogP contribution in [0.4, 0.5) is 0 Å². The average Bonchev–Trinajstić information content (AvgIpc) is 2.57. The summed E-state index contributed by atoms with van der Waals surface area (Å²) in [6.45, 7) is 5.43. The smallest absolute Gasteiger partial charge is 0.258 e. The van der Waals surface area contributed by atoms with Gasteiger partial charge >= 0.3 is 0 Å². The van der Waals surface area contributed by atoms with E-state index in [4.69, 9.17) is 16.3 Å². The number of rotatable bonds is 5. The summed E-state index contributed by atoms with van der Waals surface area (Å²) >= 11 is 5.85. The first kappa shape index (κ1) is 17.8. The molecule has 0 aliphatic rings. The summed E-state index contributed by atoms with van der Waals surface area (Å²) < 4.78 is 5.68. The molecule has 0 aliphatic heterocycles. The van der Waals surface area contributed by atoms with Gasteiger partial charge in [0.05, 0.1) is 6.07 Å². The van der Waals surface area contributed by atoms with Gasteiger partial charge in [-0.15, -0.1) is 0 Å². The number of halogens is 1. The van der Waals surface area contributed by atoms with Gasteiger partial charge in [-0.05, 0) is 49.2 Å². The summed E-state index contributed by atoms with van der Waals surface area (Å²) in [4.78, 5) is 16.7. The Bertz CT molecular complexity index is 769. The molecule has 24 heavy (non-hydrogen) atoms. The lowest BCUT2D eigenvalue weighted by Gasteiger charge is -2.27. The molecule has 0 radical (unpaired) electrons. The summed E-state index contributed by atoms with van der Waals surface area (Å²) in [5, 5.41) is 12.7. The van der Waals surface area contributed by atoms with E-state index in [0.717, 1.165) is 0 Å². The Hall–Kier alpha value is -2.58. The molecule has 1 atom stereocenters. The molecule has 1 aromatic heterocycles. The molecular formula is C18H18ClN3O2. The van der Waals surface area contributed by atoms with Crippen LogP contribution >= 0.6 is 11.6 Å². The topological polar surface area (TPSA) is 75.0 Å². The second kappa shape index (κ2) is 7.33. The number of benzene rings is 1. The first-order valence-corrected chi connectivity index (χ1v) is 7.85. The van der Waals surface area contributed by atoms with E-state index in [2.05, 4.69) is 16.4 Å². The number of ether oxygens (including phenoxy) is 1. The normalized spacial score (nSPS) is 13.0. The van der Waals surface area contributed by atoms with Crippen molar-refractivity contribution in [2.24, 2.45) is 5.92 Å². The summed E-state index contributed by atoms with van der Waals surface area (Å²) in [7, 11) is 0. The number of carbonyl (C=O) groups excluding carboxylic acids is 1. The molecule has 0 unspecified atom stereocenters. The SMILES string of the molecule is CC(C)[C@](C)(C#N)NC(=O)c1cccnc1Oc1ccc(Cl)cc1. The quantitative estimate of drug-likeness (QED) is 0.883. The minimum atomic E-state index is -0.982. The van der Waals surface area contributed by atoms with Crippen molar-refractivity contribution in [1.29, 1.82) is 5.26 Å². The predicted octanol–water partition coefficient (Wildman–Crippen LogP) is 4.20. The Labute approximate surface area is 146 Å². The van der Waals surface area contributed by atoms with E-state index < -0.39 is 11.4 Å². The van der Waals surface area contributed by atoms with Crippen LogP contribution in [0.3, 0.4) is 0 Å². The summed E-state index contributed by atoms with van der Waals surface area (Å²) in [5.74, 6) is 0.217. The van der Waals surface area contributed by atoms with Crippen LogP contribution in [0.1, 0.15) is 31.1 Å². The Balaban J connectivity index is 2.27. The molecule has 1 N–H and O–H groups in total. The third-order valence-corrected chi connectivity index (χ3v) is 4.06. The standard InChI is InChI=1S/C18H18ClN3O2/c1-12(2)18(3,11-20)22-16(23)15-5-4-10-21-17(15)24-14-8-6-13(19)7-9-14/h4-10,12H,1-3H3,(H,22,23)/t18-/m0/s1. The van der Waals surface area contributed by atoms with Gasteiger partial charge in [-0.2, -0.15) is 5.26 Å². The molecule has 0 saturated heterocycles. The summed E-state index contributed by atoms with van der Waals surface area (Å²) in [5.41, 5.74) is -0.723. The number of nitrogens with zero attached hydrogens (tertiary/aromatic N) is 2. The first-order valence-electron chi connectivity index (χ1n) is 7.48. The van der Waals surface area contributed by atoms with Crippen molar-refractivity contribution in [3.8, 4) is 17.7 Å². The molecule has 2 rings (SSSR count). The molecule has 1 aromatic carbocycles. The van der Waals surface area contributed by atoms with E-state index in [1.54, 1.807) is 43.3 Å². The summed E-state index contributed by atoms with van der Waals surface area (Å²) in [6.07, 6.45) is 1.54. The second-order valence-corrected chi connectivity index (χ2v) is 6.27. The van der Waals surface area contributed by atoms with Crippen LogP contribution in [0.5, 0.6) is 11.6 Å². The van der Waals surface area contributed by atoms with Crippen LogP contribution in [0.15, 0.2) is 42.6 Å². The number of amides is 1. The van der Waals surface area contributed by atoms with Gasteiger partial charge in [-0.3, -0.25) is 4.79 Å². The highest BCUT2D eigenvalue weighted by atomic mass is 35.5. The molecule has 0 aliphatic carbocycles. The molecule has 0 fully saturated rings. The van der Waals surface area contributed by atoms with Gasteiger partial charge in [0, 0.05) is 11.2 Å². The monoisotopic (exact) mass is 343 g/mol. The Morgan fingerprint density at radius 1 is 1.33 bits per heavy atom. The molecule has 2 aromatic rings. The van der Waals surface area contributed by atoms with Crippen LogP contribution < -0.4 is 10.1 Å². The highest BCUT2D eigenvalue weighted by Crippen LogP contribution is 2.25. The van der Waals surface area contributed by atoms with Gasteiger partial charge in [-0.1, -0.05) is 25.4 Å². The van der Waals surface area contributed by atoms with Crippen LogP contribution in [0, 0.1) is 17.2 Å². The number of nitriles is 1. The average molecular weight is 344 g/mol. The van der Waals surface area contributed by atoms with E-state index in [9.17, 15) is 10.1 Å². The molecule has 5 nitrogen and oxygen atoms in total. The van der Waals surface area contributed by atoms with Crippen molar-refractivity contribution >= 4 is 17.5 Å². The largest absolute Gasteiger partial charge is 0.438 e. The van der Waals surface area contributed by atoms with E-state index in [1.165, 1.54) is 6.20 Å². The van der Waals surface area contributed by atoms with E-state index in [0.29, 0.717) is 10.8 Å². The van der Waals surface area contributed by atoms with Crippen LogP contribution in [-0.2, 0) is 0 Å². The second-order valence-electron chi connectivity index (χ2n) is 5.84. The highest BCUT2D eigenvalue weighted by Gasteiger charge is 2.31. The van der Waals surface area contributed by atoms with E-state index in [-0.39, 0.29) is 17.4 Å². The van der Waals surface area contributed by atoms with Gasteiger partial charge in [0.15, 0.2) is 0 Å². The van der Waals surface area contributed by atoms with Gasteiger partial charge < -0.3 is 10.1 Å². The number of nitrogens with one attached hydrogen (secondary N) is 1. The van der Waals surface area contributed by atoms with Gasteiger partial charge in [0.2, 0.25) is 5.88 Å². The van der Waals surface area contributed by atoms with Gasteiger partial charge in [0.1, 0.15) is 16.9 Å². The lowest BCUT2D eigenvalue weighted by molar-refractivity contribution is 0.0905. The molecule has 0 saturated carbocycles. The molecular weight excluding hydrogens is 326 g/mol. The minimum Gasteiger partial charge on any atom is -0.438 e. The van der Waals surface area contributed by atoms with Crippen molar-refractivity contribution in [2.75, 3.05) is 0 Å². The fraction of sp³-hybridized carbons (Fsp3) is 0.278. The number of hydrogen-bond donors (Lipinski definition) is 1. The third-order valence-electron chi connectivity index (χ3n) is 3.80. The van der Waals surface area contributed by atoms with Crippen molar-refractivity contribution in [1.82, 2.24) is 10.3 Å². The van der Waals surface area contributed by atoms with Gasteiger partial charge in [-0.25, -0.2) is 4.98 Å². The maximum absolute atomic E-state index is 12.6. The highest BCUT2D eigenvalue weighted by molar-refractivity contribution is 6.30. The van der Waals surface area contributed by atoms with Crippen LogP contribution in [0.2, 0.25) is 5.02 Å². The third kappa shape index (κ3) is 4.03. The zero-order valence-electron chi connectivity index (χ0n) is 13.7. The fourth-order valence-electron chi connectivity index (χ4n) is 1.86. The summed E-state index contributed by atoms with van der Waals surface area (Å²) in [6, 6.07) is 12.1. The molecule has 1 amide bonds. The minimum absolute atomic E-state index is 0.0521. The Morgan fingerprint density at radius 2 is 2.00 bits per heavy atom. The van der Waals surface area contributed by atoms with Crippen LogP contribution in [0.25, 0.3) is 0 Å². The van der Waals surface area contributed by atoms with Crippen molar-refractivity contribution in [3.05, 3.63) is 53.2 Å². The molecule has 0 spiro atoms. The maximum atomic E-state index is 12.6. The van der Waals surface area contributed by atoms with Crippen molar-refractivity contribution in [2.45, 2.75) is 26.3 Å². The molecule has 1 heterocycles. The van der Waals surface area contributed by atoms with Gasteiger partial charge in [0.25, 0.3) is 5.91 Å². The van der Waals surface area contributed by atoms with E-state index >= 15 is 0 Å². The number of aromatic nitrogens is 1. The number of carbonyl (C=O) groups is 1.